The van der Waals surface area contributed by atoms with Crippen molar-refractivity contribution in [2.24, 2.45) is 5.92 Å². The third-order valence-electron chi connectivity index (χ3n) is 4.07. The number of amides is 2. The van der Waals surface area contributed by atoms with Crippen LogP contribution in [0, 0.1) is 12.8 Å². The van der Waals surface area contributed by atoms with E-state index in [0.717, 1.165) is 24.0 Å². The summed E-state index contributed by atoms with van der Waals surface area (Å²) in [5.74, 6) is 0.0985. The van der Waals surface area contributed by atoms with Gasteiger partial charge in [-0.2, -0.15) is 0 Å². The Kier molecular flexibility index (Phi) is 4.51. The molecule has 24 heavy (non-hydrogen) atoms. The predicted molar refractivity (Wildman–Crippen MR) is 95.7 cm³/mol. The maximum Gasteiger partial charge on any atom is 0.228 e. The van der Waals surface area contributed by atoms with Crippen molar-refractivity contribution in [2.45, 2.75) is 26.2 Å². The second-order valence-corrected chi connectivity index (χ2v) is 6.26. The molecule has 0 saturated heterocycles. The normalized spacial score (nSPS) is 13.4. The van der Waals surface area contributed by atoms with Gasteiger partial charge in [0.15, 0.2) is 0 Å². The van der Waals surface area contributed by atoms with Crippen LogP contribution in [-0.4, -0.2) is 11.8 Å². The smallest absolute Gasteiger partial charge is 0.228 e. The summed E-state index contributed by atoms with van der Waals surface area (Å²) in [7, 11) is 0. The number of nitrogens with one attached hydrogen (secondary N) is 2. The zero-order chi connectivity index (χ0) is 17.1. The second kappa shape index (κ2) is 6.74. The molecular weight excluding hydrogens is 302 g/mol. The van der Waals surface area contributed by atoms with Gasteiger partial charge >= 0.3 is 0 Å². The van der Waals surface area contributed by atoms with Crippen molar-refractivity contribution in [1.29, 1.82) is 0 Å². The first-order chi connectivity index (χ1) is 11.5. The number of nitrogen functional groups attached to an aromatic ring is 1. The standard InChI is InChI=1S/C19H21N3O2/c1-12-2-9-16(21-19(24)14-5-6-14)11-17(12)22-18(23)10-13-3-7-15(20)8-4-13/h2-4,7-9,11,14H,5-6,10,20H2,1H3,(H,21,24)(H,22,23). The lowest BCUT2D eigenvalue weighted by Crippen LogP contribution is -2.16. The van der Waals surface area contributed by atoms with Gasteiger partial charge in [-0.1, -0.05) is 18.2 Å². The van der Waals surface area contributed by atoms with E-state index in [1.54, 1.807) is 18.2 Å². The van der Waals surface area contributed by atoms with E-state index in [1.165, 1.54) is 0 Å². The van der Waals surface area contributed by atoms with Crippen LogP contribution in [0.15, 0.2) is 42.5 Å². The number of hydrogen-bond acceptors (Lipinski definition) is 3. The van der Waals surface area contributed by atoms with Crippen molar-refractivity contribution in [3.05, 3.63) is 53.6 Å². The fourth-order valence-electron chi connectivity index (χ4n) is 2.44. The van der Waals surface area contributed by atoms with Crippen molar-refractivity contribution in [2.75, 3.05) is 16.4 Å². The molecule has 124 valence electrons. The summed E-state index contributed by atoms with van der Waals surface area (Å²) in [4.78, 5) is 24.1. The molecule has 0 radical (unpaired) electrons. The quantitative estimate of drug-likeness (QED) is 0.739. The lowest BCUT2D eigenvalue weighted by molar-refractivity contribution is -0.117. The minimum atomic E-state index is -0.103. The van der Waals surface area contributed by atoms with Crippen LogP contribution in [-0.2, 0) is 16.0 Å². The highest BCUT2D eigenvalue weighted by Crippen LogP contribution is 2.30. The van der Waals surface area contributed by atoms with E-state index in [0.29, 0.717) is 17.1 Å². The summed E-state index contributed by atoms with van der Waals surface area (Å²) >= 11 is 0. The Morgan fingerprint density at radius 2 is 1.79 bits per heavy atom. The van der Waals surface area contributed by atoms with Gasteiger partial charge < -0.3 is 16.4 Å². The Labute approximate surface area is 141 Å². The van der Waals surface area contributed by atoms with Crippen LogP contribution in [0.1, 0.15) is 24.0 Å². The number of aryl methyl sites for hydroxylation is 1. The predicted octanol–water partition coefficient (Wildman–Crippen LogP) is 3.11. The molecule has 1 saturated carbocycles. The van der Waals surface area contributed by atoms with Gasteiger partial charge in [-0.05, 0) is 55.2 Å². The Bertz CT molecular complexity index is 765. The Hall–Kier alpha value is -2.82. The van der Waals surface area contributed by atoms with Gasteiger partial charge in [0.1, 0.15) is 0 Å². The summed E-state index contributed by atoms with van der Waals surface area (Å²) in [6.07, 6.45) is 2.20. The number of hydrogen-bond donors (Lipinski definition) is 3. The van der Waals surface area contributed by atoms with Crippen LogP contribution in [0.4, 0.5) is 17.1 Å². The Morgan fingerprint density at radius 3 is 2.46 bits per heavy atom. The van der Waals surface area contributed by atoms with E-state index < -0.39 is 0 Å². The number of nitrogens with two attached hydrogens (primary N) is 1. The molecule has 0 unspecified atom stereocenters. The minimum Gasteiger partial charge on any atom is -0.399 e. The molecule has 0 atom stereocenters. The highest BCUT2D eigenvalue weighted by molar-refractivity contribution is 5.96. The third kappa shape index (κ3) is 4.13. The van der Waals surface area contributed by atoms with Crippen LogP contribution in [0.2, 0.25) is 0 Å². The monoisotopic (exact) mass is 323 g/mol. The van der Waals surface area contributed by atoms with Crippen LogP contribution in [0.3, 0.4) is 0 Å². The molecule has 0 spiro atoms. The van der Waals surface area contributed by atoms with Crippen molar-refractivity contribution >= 4 is 28.9 Å². The second-order valence-electron chi connectivity index (χ2n) is 6.26. The van der Waals surface area contributed by atoms with Crippen LogP contribution in [0.25, 0.3) is 0 Å². The average molecular weight is 323 g/mol. The van der Waals surface area contributed by atoms with E-state index in [4.69, 9.17) is 5.73 Å². The SMILES string of the molecule is Cc1ccc(NC(=O)C2CC2)cc1NC(=O)Cc1ccc(N)cc1. The molecular formula is C19H21N3O2. The van der Waals surface area contributed by atoms with Crippen LogP contribution >= 0.6 is 0 Å². The molecule has 5 heteroatoms. The number of benzene rings is 2. The maximum absolute atomic E-state index is 12.2. The molecule has 5 nitrogen and oxygen atoms in total. The molecule has 2 amide bonds. The van der Waals surface area contributed by atoms with E-state index in [1.807, 2.05) is 31.2 Å². The lowest BCUT2D eigenvalue weighted by atomic mass is 10.1. The first-order valence-electron chi connectivity index (χ1n) is 8.07. The first kappa shape index (κ1) is 16.1. The van der Waals surface area contributed by atoms with Crippen molar-refractivity contribution in [1.82, 2.24) is 0 Å². The Morgan fingerprint density at radius 1 is 1.08 bits per heavy atom. The lowest BCUT2D eigenvalue weighted by Gasteiger charge is -2.12. The van der Waals surface area contributed by atoms with Gasteiger partial charge in [0.2, 0.25) is 11.8 Å². The summed E-state index contributed by atoms with van der Waals surface area (Å²) in [5.41, 5.74) is 9.59. The molecule has 0 aliphatic heterocycles. The highest BCUT2D eigenvalue weighted by atomic mass is 16.2. The Balaban J connectivity index is 1.65. The van der Waals surface area contributed by atoms with Crippen molar-refractivity contribution < 1.29 is 9.59 Å². The number of rotatable bonds is 5. The van der Waals surface area contributed by atoms with E-state index >= 15 is 0 Å². The summed E-state index contributed by atoms with van der Waals surface area (Å²) in [6.45, 7) is 1.92. The zero-order valence-corrected chi connectivity index (χ0v) is 13.6. The number of carbonyl (C=O) groups is 2. The molecule has 0 heterocycles. The van der Waals surface area contributed by atoms with E-state index in [2.05, 4.69) is 10.6 Å². The molecule has 4 N–H and O–H groups in total. The number of anilines is 3. The topological polar surface area (TPSA) is 84.2 Å². The van der Waals surface area contributed by atoms with Crippen molar-refractivity contribution in [3.63, 3.8) is 0 Å². The van der Waals surface area contributed by atoms with Crippen LogP contribution in [0.5, 0.6) is 0 Å². The first-order valence-corrected chi connectivity index (χ1v) is 8.07. The molecule has 2 aromatic rings. The molecule has 1 fully saturated rings. The fraction of sp³-hybridized carbons (Fsp3) is 0.263. The maximum atomic E-state index is 12.2. The van der Waals surface area contributed by atoms with Crippen molar-refractivity contribution in [3.8, 4) is 0 Å². The molecule has 0 bridgehead atoms. The fourth-order valence-corrected chi connectivity index (χ4v) is 2.44. The molecule has 1 aliphatic carbocycles. The highest BCUT2D eigenvalue weighted by Gasteiger charge is 2.29. The average Bonchev–Trinajstić information content (AvgIpc) is 3.38. The van der Waals surface area contributed by atoms with Gasteiger partial charge in [-0.25, -0.2) is 0 Å². The molecule has 1 aliphatic rings. The minimum absolute atomic E-state index is 0.0537. The summed E-state index contributed by atoms with van der Waals surface area (Å²) in [5, 5.41) is 5.81. The van der Waals surface area contributed by atoms with Gasteiger partial charge in [0.05, 0.1) is 6.42 Å². The molecule has 2 aromatic carbocycles. The summed E-state index contributed by atoms with van der Waals surface area (Å²) in [6, 6.07) is 12.8. The summed E-state index contributed by atoms with van der Waals surface area (Å²) < 4.78 is 0. The molecule has 3 rings (SSSR count). The van der Waals surface area contributed by atoms with E-state index in [9.17, 15) is 9.59 Å². The zero-order valence-electron chi connectivity index (χ0n) is 13.6. The third-order valence-corrected chi connectivity index (χ3v) is 4.07. The van der Waals surface area contributed by atoms with Gasteiger partial charge in [-0.15, -0.1) is 0 Å². The van der Waals surface area contributed by atoms with Gasteiger partial charge in [-0.3, -0.25) is 9.59 Å². The molecule has 0 aromatic heterocycles. The van der Waals surface area contributed by atoms with E-state index in [-0.39, 0.29) is 24.2 Å². The van der Waals surface area contributed by atoms with Gasteiger partial charge in [0, 0.05) is 23.0 Å². The number of carbonyl (C=O) groups excluding carboxylic acids is 2. The largest absolute Gasteiger partial charge is 0.399 e. The van der Waals surface area contributed by atoms with Crippen LogP contribution < -0.4 is 16.4 Å². The van der Waals surface area contributed by atoms with Gasteiger partial charge in [0.25, 0.3) is 0 Å².